The van der Waals surface area contributed by atoms with Gasteiger partial charge in [0.2, 0.25) is 5.91 Å². The number of primary amides is 1. The lowest BCUT2D eigenvalue weighted by molar-refractivity contribution is 0.100. The molecule has 4 N–H and O–H groups in total. The molecule has 0 aliphatic carbocycles. The van der Waals surface area contributed by atoms with E-state index < -0.39 is 5.91 Å². The van der Waals surface area contributed by atoms with Gasteiger partial charge in [0.05, 0.1) is 0 Å². The maximum Gasteiger partial charge on any atom is 0.248 e. The summed E-state index contributed by atoms with van der Waals surface area (Å²) in [5.74, 6) is -0.102. The normalized spacial score (nSPS) is 10.4. The second kappa shape index (κ2) is 5.75. The topological polar surface area (TPSA) is 69.1 Å². The van der Waals surface area contributed by atoms with Crippen LogP contribution in [0.2, 0.25) is 0 Å². The third-order valence-corrected chi connectivity index (χ3v) is 3.70. The predicted molar refractivity (Wildman–Crippen MR) is 75.3 cm³/mol. The molecule has 2 aromatic rings. The Kier molecular flexibility index (Phi) is 4.06. The number of anilines is 1. The van der Waals surface area contributed by atoms with Crippen LogP contribution >= 0.6 is 11.8 Å². The van der Waals surface area contributed by atoms with Gasteiger partial charge in [0.15, 0.2) is 0 Å². The molecule has 0 aromatic heterocycles. The van der Waals surface area contributed by atoms with Gasteiger partial charge >= 0.3 is 0 Å². The second-order valence-electron chi connectivity index (χ2n) is 4.02. The van der Waals surface area contributed by atoms with E-state index in [1.54, 1.807) is 42.1 Å². The fourth-order valence-corrected chi connectivity index (χ4v) is 2.49. The van der Waals surface area contributed by atoms with Crippen LogP contribution in [0.4, 0.5) is 10.1 Å². The van der Waals surface area contributed by atoms with E-state index in [9.17, 15) is 9.18 Å². The number of hydrogen-bond acceptors (Lipinski definition) is 3. The summed E-state index contributed by atoms with van der Waals surface area (Å²) in [6.07, 6.45) is 0. The summed E-state index contributed by atoms with van der Waals surface area (Å²) >= 11 is 1.55. The molecule has 0 radical (unpaired) electrons. The smallest absolute Gasteiger partial charge is 0.248 e. The van der Waals surface area contributed by atoms with Gasteiger partial charge in [0, 0.05) is 21.9 Å². The fraction of sp³-hybridized carbons (Fsp3) is 0.0714. The zero-order valence-electron chi connectivity index (χ0n) is 10.1. The lowest BCUT2D eigenvalue weighted by atomic mass is 10.1. The van der Waals surface area contributed by atoms with Gasteiger partial charge in [0.25, 0.3) is 0 Å². The van der Waals surface area contributed by atoms with Gasteiger partial charge in [-0.15, -0.1) is 11.8 Å². The molecule has 98 valence electrons. The summed E-state index contributed by atoms with van der Waals surface area (Å²) in [7, 11) is 0. The lowest BCUT2D eigenvalue weighted by Crippen LogP contribution is -2.11. The highest BCUT2D eigenvalue weighted by atomic mass is 32.2. The third-order valence-electron chi connectivity index (χ3n) is 2.64. The Morgan fingerprint density at radius 1 is 1.16 bits per heavy atom. The fourth-order valence-electron chi connectivity index (χ4n) is 1.57. The van der Waals surface area contributed by atoms with E-state index in [-0.39, 0.29) is 5.82 Å². The molecule has 1 amide bonds. The Bertz CT molecular complexity index is 599. The number of carbonyl (C=O) groups is 1. The molecule has 0 atom stereocenters. The highest BCUT2D eigenvalue weighted by Crippen LogP contribution is 2.26. The van der Waals surface area contributed by atoms with E-state index >= 15 is 0 Å². The molecule has 0 saturated carbocycles. The highest BCUT2D eigenvalue weighted by molar-refractivity contribution is 7.98. The van der Waals surface area contributed by atoms with Crippen LogP contribution in [0.1, 0.15) is 15.9 Å². The molecule has 0 aliphatic rings. The zero-order valence-corrected chi connectivity index (χ0v) is 10.9. The minimum atomic E-state index is -0.496. The summed E-state index contributed by atoms with van der Waals surface area (Å²) in [5.41, 5.74) is 12.9. The van der Waals surface area contributed by atoms with Crippen LogP contribution < -0.4 is 11.5 Å². The van der Waals surface area contributed by atoms with Gasteiger partial charge < -0.3 is 11.5 Å². The SMILES string of the molecule is NC(=O)c1ccc(CSc2ccc(F)cc2)c(N)c1. The van der Waals surface area contributed by atoms with Gasteiger partial charge in [-0.25, -0.2) is 4.39 Å². The largest absolute Gasteiger partial charge is 0.398 e. The summed E-state index contributed by atoms with van der Waals surface area (Å²) in [4.78, 5) is 12.0. The molecular formula is C14H13FN2OS. The van der Waals surface area contributed by atoms with Crippen LogP contribution in [0.3, 0.4) is 0 Å². The van der Waals surface area contributed by atoms with Crippen molar-refractivity contribution in [2.75, 3.05) is 5.73 Å². The van der Waals surface area contributed by atoms with E-state index in [2.05, 4.69) is 0 Å². The maximum atomic E-state index is 12.8. The Morgan fingerprint density at radius 3 is 2.42 bits per heavy atom. The zero-order chi connectivity index (χ0) is 13.8. The summed E-state index contributed by atoms with van der Waals surface area (Å²) in [5, 5.41) is 0. The summed E-state index contributed by atoms with van der Waals surface area (Å²) < 4.78 is 12.8. The molecule has 0 saturated heterocycles. The molecule has 2 rings (SSSR count). The first-order valence-corrected chi connectivity index (χ1v) is 6.61. The molecule has 0 spiro atoms. The van der Waals surface area contributed by atoms with Crippen LogP contribution in [0, 0.1) is 5.82 Å². The number of nitrogens with two attached hydrogens (primary N) is 2. The maximum absolute atomic E-state index is 12.8. The lowest BCUT2D eigenvalue weighted by Gasteiger charge is -2.07. The van der Waals surface area contributed by atoms with E-state index in [0.717, 1.165) is 10.5 Å². The number of amides is 1. The first-order chi connectivity index (χ1) is 9.06. The van der Waals surface area contributed by atoms with Crippen molar-refractivity contribution in [1.82, 2.24) is 0 Å². The van der Waals surface area contributed by atoms with Crippen molar-refractivity contribution < 1.29 is 9.18 Å². The van der Waals surface area contributed by atoms with Gasteiger partial charge in [-0.1, -0.05) is 6.07 Å². The van der Waals surface area contributed by atoms with Crippen molar-refractivity contribution in [2.24, 2.45) is 5.73 Å². The first-order valence-electron chi connectivity index (χ1n) is 5.63. The quantitative estimate of drug-likeness (QED) is 0.666. The molecule has 3 nitrogen and oxygen atoms in total. The van der Waals surface area contributed by atoms with Crippen molar-refractivity contribution in [3.63, 3.8) is 0 Å². The molecule has 0 bridgehead atoms. The Morgan fingerprint density at radius 2 is 1.84 bits per heavy atom. The van der Waals surface area contributed by atoms with Crippen molar-refractivity contribution in [1.29, 1.82) is 0 Å². The van der Waals surface area contributed by atoms with Gasteiger partial charge in [-0.05, 0) is 42.0 Å². The number of carbonyl (C=O) groups excluding carboxylic acids is 1. The van der Waals surface area contributed by atoms with Crippen LogP contribution in [-0.4, -0.2) is 5.91 Å². The van der Waals surface area contributed by atoms with Crippen molar-refractivity contribution in [2.45, 2.75) is 10.6 Å². The molecule has 2 aromatic carbocycles. The summed E-state index contributed by atoms with van der Waals surface area (Å²) in [6.45, 7) is 0. The van der Waals surface area contributed by atoms with Crippen molar-refractivity contribution >= 4 is 23.4 Å². The monoisotopic (exact) mass is 276 g/mol. The number of hydrogen-bond donors (Lipinski definition) is 2. The van der Waals surface area contributed by atoms with Gasteiger partial charge in [-0.2, -0.15) is 0 Å². The third kappa shape index (κ3) is 3.48. The first kappa shape index (κ1) is 13.4. The van der Waals surface area contributed by atoms with E-state index in [1.807, 2.05) is 0 Å². The number of nitrogen functional groups attached to an aromatic ring is 1. The number of rotatable bonds is 4. The van der Waals surface area contributed by atoms with Crippen molar-refractivity contribution in [3.05, 3.63) is 59.4 Å². The van der Waals surface area contributed by atoms with Crippen LogP contribution in [0.5, 0.6) is 0 Å². The molecule has 19 heavy (non-hydrogen) atoms. The highest BCUT2D eigenvalue weighted by Gasteiger charge is 2.05. The molecule has 0 fully saturated rings. The van der Waals surface area contributed by atoms with Gasteiger partial charge in [-0.3, -0.25) is 4.79 Å². The standard InChI is InChI=1S/C14H13FN2OS/c15-11-3-5-12(6-4-11)19-8-10-2-1-9(14(17)18)7-13(10)16/h1-7H,8,16H2,(H2,17,18). The molecule has 0 aliphatic heterocycles. The Hall–Kier alpha value is -2.01. The number of benzene rings is 2. The molecule has 0 heterocycles. The average molecular weight is 276 g/mol. The average Bonchev–Trinajstić information content (AvgIpc) is 2.39. The predicted octanol–water partition coefficient (Wildman–Crippen LogP) is 2.80. The number of thioether (sulfide) groups is 1. The van der Waals surface area contributed by atoms with Crippen LogP contribution in [0.25, 0.3) is 0 Å². The minimum Gasteiger partial charge on any atom is -0.398 e. The van der Waals surface area contributed by atoms with E-state index in [0.29, 0.717) is 17.0 Å². The second-order valence-corrected chi connectivity index (χ2v) is 5.07. The number of halogens is 1. The van der Waals surface area contributed by atoms with Crippen LogP contribution in [-0.2, 0) is 5.75 Å². The van der Waals surface area contributed by atoms with E-state index in [4.69, 9.17) is 11.5 Å². The Balaban J connectivity index is 2.07. The van der Waals surface area contributed by atoms with E-state index in [1.165, 1.54) is 12.1 Å². The van der Waals surface area contributed by atoms with Crippen LogP contribution in [0.15, 0.2) is 47.4 Å². The van der Waals surface area contributed by atoms with Crippen molar-refractivity contribution in [3.8, 4) is 0 Å². The molecule has 5 heteroatoms. The minimum absolute atomic E-state index is 0.255. The molecule has 0 unspecified atom stereocenters. The summed E-state index contributed by atoms with van der Waals surface area (Å²) in [6, 6.07) is 11.3. The Labute approximate surface area is 114 Å². The van der Waals surface area contributed by atoms with Gasteiger partial charge in [0.1, 0.15) is 5.82 Å². The molecular weight excluding hydrogens is 263 g/mol.